The Hall–Kier alpha value is -1.51. The number of ether oxygens (including phenoxy) is 1. The zero-order valence-electron chi connectivity index (χ0n) is 6.32. The average Bonchev–Trinajstić information content (AvgIpc) is 2.09. The smallest absolute Gasteiger partial charge is 0.237 e. The molecule has 0 fully saturated rings. The molecule has 58 valence electrons. The van der Waals surface area contributed by atoms with Crippen LogP contribution < -0.4 is 5.84 Å². The Balaban J connectivity index is 2.92. The number of hydrogen-bond acceptors (Lipinski definition) is 3. The summed E-state index contributed by atoms with van der Waals surface area (Å²) < 4.78 is 4.91. The predicted molar refractivity (Wildman–Crippen MR) is 44.2 cm³/mol. The van der Waals surface area contributed by atoms with E-state index >= 15 is 0 Å². The van der Waals surface area contributed by atoms with Crippen molar-refractivity contribution >= 4 is 5.90 Å². The van der Waals surface area contributed by atoms with Crippen molar-refractivity contribution in [3.05, 3.63) is 35.9 Å². The molecule has 0 saturated carbocycles. The second kappa shape index (κ2) is 3.61. The van der Waals surface area contributed by atoms with Crippen LogP contribution in [0.1, 0.15) is 5.56 Å². The van der Waals surface area contributed by atoms with Gasteiger partial charge in [-0.05, 0) is 12.1 Å². The molecule has 0 aliphatic rings. The Morgan fingerprint density at radius 1 is 1.36 bits per heavy atom. The van der Waals surface area contributed by atoms with Crippen molar-refractivity contribution < 1.29 is 4.74 Å². The molecule has 2 N–H and O–H groups in total. The van der Waals surface area contributed by atoms with Crippen molar-refractivity contribution in [2.45, 2.75) is 0 Å². The first-order valence-corrected chi connectivity index (χ1v) is 3.25. The topological polar surface area (TPSA) is 47.6 Å². The quantitative estimate of drug-likeness (QED) is 0.280. The van der Waals surface area contributed by atoms with Crippen molar-refractivity contribution in [1.29, 1.82) is 0 Å². The first-order valence-electron chi connectivity index (χ1n) is 3.25. The molecule has 0 heterocycles. The van der Waals surface area contributed by atoms with Gasteiger partial charge in [0, 0.05) is 5.56 Å². The summed E-state index contributed by atoms with van der Waals surface area (Å²) in [6, 6.07) is 9.50. The van der Waals surface area contributed by atoms with E-state index in [0.29, 0.717) is 5.90 Å². The number of hydrogen-bond donors (Lipinski definition) is 1. The van der Waals surface area contributed by atoms with Gasteiger partial charge in [0.05, 0.1) is 7.11 Å². The minimum atomic E-state index is 0.450. The molecule has 0 aliphatic carbocycles. The number of benzene rings is 1. The Morgan fingerprint density at radius 3 is 2.45 bits per heavy atom. The van der Waals surface area contributed by atoms with Crippen molar-refractivity contribution in [3.63, 3.8) is 0 Å². The van der Waals surface area contributed by atoms with E-state index in [-0.39, 0.29) is 0 Å². The molecule has 0 bridgehead atoms. The van der Waals surface area contributed by atoms with Crippen molar-refractivity contribution in [3.8, 4) is 0 Å². The van der Waals surface area contributed by atoms with E-state index in [4.69, 9.17) is 10.6 Å². The van der Waals surface area contributed by atoms with Gasteiger partial charge < -0.3 is 10.6 Å². The van der Waals surface area contributed by atoms with E-state index in [1.807, 2.05) is 30.3 Å². The predicted octanol–water partition coefficient (Wildman–Crippen LogP) is 0.953. The van der Waals surface area contributed by atoms with Gasteiger partial charge in [0.15, 0.2) is 0 Å². The van der Waals surface area contributed by atoms with E-state index in [1.165, 1.54) is 0 Å². The molecule has 0 atom stereocenters. The third-order valence-corrected chi connectivity index (χ3v) is 1.33. The monoisotopic (exact) mass is 150 g/mol. The van der Waals surface area contributed by atoms with Gasteiger partial charge in [0.1, 0.15) is 0 Å². The van der Waals surface area contributed by atoms with Gasteiger partial charge in [-0.15, -0.1) is 5.10 Å². The summed E-state index contributed by atoms with van der Waals surface area (Å²) in [6.07, 6.45) is 0. The van der Waals surface area contributed by atoms with Crippen LogP contribution in [0.2, 0.25) is 0 Å². The lowest BCUT2D eigenvalue weighted by atomic mass is 10.2. The Morgan fingerprint density at radius 2 is 2.00 bits per heavy atom. The molecule has 0 aliphatic heterocycles. The first-order chi connectivity index (χ1) is 5.38. The maximum absolute atomic E-state index is 5.08. The SMILES string of the molecule is CO/C(=N\N)c1ccccc1. The summed E-state index contributed by atoms with van der Waals surface area (Å²) in [5, 5.41) is 3.47. The van der Waals surface area contributed by atoms with E-state index in [0.717, 1.165) is 5.56 Å². The lowest BCUT2D eigenvalue weighted by Gasteiger charge is -2.01. The molecule has 3 heteroatoms. The van der Waals surface area contributed by atoms with Crippen molar-refractivity contribution in [2.75, 3.05) is 7.11 Å². The molecule has 1 aromatic rings. The fraction of sp³-hybridized carbons (Fsp3) is 0.125. The van der Waals surface area contributed by atoms with E-state index < -0.39 is 0 Å². The maximum atomic E-state index is 5.08. The number of hydrazone groups is 1. The standard InChI is InChI=1S/C8H10N2O/c1-11-8(10-9)7-5-3-2-4-6-7/h2-6H,9H2,1H3/b10-8-. The maximum Gasteiger partial charge on any atom is 0.237 e. The van der Waals surface area contributed by atoms with Crippen LogP contribution in [0.15, 0.2) is 35.4 Å². The summed E-state index contributed by atoms with van der Waals surface area (Å²) in [6.45, 7) is 0. The molecule has 0 spiro atoms. The molecule has 0 radical (unpaired) electrons. The van der Waals surface area contributed by atoms with Gasteiger partial charge in [0.2, 0.25) is 5.90 Å². The molecule has 3 nitrogen and oxygen atoms in total. The summed E-state index contributed by atoms with van der Waals surface area (Å²) in [4.78, 5) is 0. The highest BCUT2D eigenvalue weighted by Crippen LogP contribution is 2.00. The van der Waals surface area contributed by atoms with Crippen molar-refractivity contribution in [1.82, 2.24) is 0 Å². The van der Waals surface area contributed by atoms with Crippen molar-refractivity contribution in [2.24, 2.45) is 10.9 Å². The second-order valence-corrected chi connectivity index (χ2v) is 2.00. The summed E-state index contributed by atoms with van der Waals surface area (Å²) in [5.41, 5.74) is 0.887. The molecule has 1 rings (SSSR count). The Labute approximate surface area is 65.5 Å². The fourth-order valence-electron chi connectivity index (χ4n) is 0.826. The van der Waals surface area contributed by atoms with Crippen LogP contribution in [0, 0.1) is 0 Å². The molecule has 11 heavy (non-hydrogen) atoms. The Kier molecular flexibility index (Phi) is 2.49. The average molecular weight is 150 g/mol. The van der Waals surface area contributed by atoms with E-state index in [1.54, 1.807) is 7.11 Å². The van der Waals surface area contributed by atoms with Gasteiger partial charge >= 0.3 is 0 Å². The van der Waals surface area contributed by atoms with Crippen LogP contribution in [-0.2, 0) is 4.74 Å². The number of rotatable bonds is 1. The third kappa shape index (κ3) is 1.70. The fourth-order valence-corrected chi connectivity index (χ4v) is 0.826. The van der Waals surface area contributed by atoms with Gasteiger partial charge in [-0.25, -0.2) is 0 Å². The minimum Gasteiger partial charge on any atom is -0.480 e. The van der Waals surface area contributed by atoms with Gasteiger partial charge in [-0.3, -0.25) is 0 Å². The van der Waals surface area contributed by atoms with Crippen LogP contribution >= 0.6 is 0 Å². The van der Waals surface area contributed by atoms with E-state index in [2.05, 4.69) is 5.10 Å². The molecule has 0 unspecified atom stereocenters. The number of nitrogens with zero attached hydrogens (tertiary/aromatic N) is 1. The number of nitrogens with two attached hydrogens (primary N) is 1. The summed E-state index contributed by atoms with van der Waals surface area (Å²) in [5.74, 6) is 5.53. The minimum absolute atomic E-state index is 0.450. The lowest BCUT2D eigenvalue weighted by molar-refractivity contribution is 0.403. The van der Waals surface area contributed by atoms with E-state index in [9.17, 15) is 0 Å². The summed E-state index contributed by atoms with van der Waals surface area (Å²) >= 11 is 0. The highest BCUT2D eigenvalue weighted by atomic mass is 16.5. The van der Waals surface area contributed by atoms with Crippen LogP contribution in [0.3, 0.4) is 0 Å². The van der Waals surface area contributed by atoms with Crippen LogP contribution in [0.4, 0.5) is 0 Å². The molecule has 0 aromatic heterocycles. The molecule has 1 aromatic carbocycles. The largest absolute Gasteiger partial charge is 0.480 e. The molecule has 0 amide bonds. The highest BCUT2D eigenvalue weighted by Gasteiger charge is 1.98. The Bertz CT molecular complexity index is 244. The second-order valence-electron chi connectivity index (χ2n) is 2.00. The lowest BCUT2D eigenvalue weighted by Crippen LogP contribution is -2.05. The molecule has 0 saturated heterocycles. The van der Waals surface area contributed by atoms with Gasteiger partial charge in [-0.1, -0.05) is 18.2 Å². The van der Waals surface area contributed by atoms with Crippen LogP contribution in [0.5, 0.6) is 0 Å². The van der Waals surface area contributed by atoms with Crippen LogP contribution in [-0.4, -0.2) is 13.0 Å². The van der Waals surface area contributed by atoms with Gasteiger partial charge in [0.25, 0.3) is 0 Å². The normalized spacial score (nSPS) is 11.2. The summed E-state index contributed by atoms with van der Waals surface area (Å²) in [7, 11) is 1.54. The number of methoxy groups -OCH3 is 1. The third-order valence-electron chi connectivity index (χ3n) is 1.33. The highest BCUT2D eigenvalue weighted by molar-refractivity contribution is 5.93. The van der Waals surface area contributed by atoms with Gasteiger partial charge in [-0.2, -0.15) is 0 Å². The molecular formula is C8H10N2O. The van der Waals surface area contributed by atoms with Crippen LogP contribution in [0.25, 0.3) is 0 Å². The first kappa shape index (κ1) is 7.60. The molecular weight excluding hydrogens is 140 g/mol. The zero-order valence-corrected chi connectivity index (χ0v) is 6.32. The zero-order chi connectivity index (χ0) is 8.10.